The van der Waals surface area contributed by atoms with E-state index in [9.17, 15) is 9.59 Å². The lowest BCUT2D eigenvalue weighted by Gasteiger charge is -2.36. The van der Waals surface area contributed by atoms with Gasteiger partial charge in [0.25, 0.3) is 0 Å². The molecule has 3 N–H and O–H groups in total. The van der Waals surface area contributed by atoms with E-state index in [0.717, 1.165) is 31.5 Å². The van der Waals surface area contributed by atoms with Crippen LogP contribution < -0.4 is 11.1 Å². The number of nitrogens with one attached hydrogen (secondary N) is 1. The van der Waals surface area contributed by atoms with E-state index < -0.39 is 6.04 Å². The zero-order valence-corrected chi connectivity index (χ0v) is 15.6. The van der Waals surface area contributed by atoms with Crippen LogP contribution in [0.1, 0.15) is 39.2 Å². The highest BCUT2D eigenvalue weighted by Crippen LogP contribution is 2.21. The molecular weight excluding hydrogens is 314 g/mol. The normalized spacial score (nSPS) is 18.0. The molecule has 138 valence electrons. The lowest BCUT2D eigenvalue weighted by atomic mass is 9.90. The molecule has 1 aromatic carbocycles. The first-order chi connectivity index (χ1) is 11.9. The van der Waals surface area contributed by atoms with Crippen molar-refractivity contribution in [2.45, 2.75) is 52.1 Å². The summed E-state index contributed by atoms with van der Waals surface area (Å²) in [6.45, 7) is 7.43. The Hall–Kier alpha value is -1.88. The molecule has 1 saturated heterocycles. The van der Waals surface area contributed by atoms with Crippen LogP contribution in [0.5, 0.6) is 0 Å². The summed E-state index contributed by atoms with van der Waals surface area (Å²) in [6.07, 6.45) is 2.17. The summed E-state index contributed by atoms with van der Waals surface area (Å²) in [6, 6.07) is 9.29. The van der Waals surface area contributed by atoms with Crippen LogP contribution in [-0.2, 0) is 16.0 Å². The van der Waals surface area contributed by atoms with Gasteiger partial charge in [0.15, 0.2) is 0 Å². The fourth-order valence-electron chi connectivity index (χ4n) is 3.36. The number of likely N-dealkylation sites (tertiary alicyclic amines) is 1. The molecule has 0 saturated carbocycles. The van der Waals surface area contributed by atoms with Crippen molar-refractivity contribution in [2.24, 2.45) is 17.6 Å². The van der Waals surface area contributed by atoms with Crippen LogP contribution in [0.15, 0.2) is 30.3 Å². The Morgan fingerprint density at radius 2 is 1.76 bits per heavy atom. The van der Waals surface area contributed by atoms with E-state index in [4.69, 9.17) is 5.73 Å². The molecule has 1 heterocycles. The number of carbonyl (C=O) groups is 2. The van der Waals surface area contributed by atoms with E-state index in [1.165, 1.54) is 0 Å². The van der Waals surface area contributed by atoms with Crippen LogP contribution in [0.25, 0.3) is 0 Å². The number of nitrogens with two attached hydrogens (primary N) is 1. The molecule has 2 rings (SSSR count). The molecule has 0 aromatic heterocycles. The van der Waals surface area contributed by atoms with Gasteiger partial charge in [0.1, 0.15) is 6.04 Å². The summed E-state index contributed by atoms with van der Waals surface area (Å²) < 4.78 is 0. The Bertz CT molecular complexity index is 564. The molecule has 5 nitrogen and oxygen atoms in total. The van der Waals surface area contributed by atoms with Gasteiger partial charge < -0.3 is 16.0 Å². The molecule has 0 spiro atoms. The van der Waals surface area contributed by atoms with E-state index in [1.807, 2.05) is 56.0 Å². The highest BCUT2D eigenvalue weighted by atomic mass is 16.2. The number of hydrogen-bond acceptors (Lipinski definition) is 3. The number of hydrogen-bond donors (Lipinski definition) is 2. The summed E-state index contributed by atoms with van der Waals surface area (Å²) in [7, 11) is 0. The van der Waals surface area contributed by atoms with Crippen molar-refractivity contribution in [3.05, 3.63) is 35.9 Å². The predicted octanol–water partition coefficient (Wildman–Crippen LogP) is 1.96. The van der Waals surface area contributed by atoms with Gasteiger partial charge >= 0.3 is 0 Å². The minimum absolute atomic E-state index is 0.0273. The second-order valence-corrected chi connectivity index (χ2v) is 7.47. The van der Waals surface area contributed by atoms with Crippen molar-refractivity contribution < 1.29 is 9.59 Å². The maximum atomic E-state index is 12.9. The third-order valence-corrected chi connectivity index (χ3v) is 5.05. The van der Waals surface area contributed by atoms with Crippen molar-refractivity contribution in [1.82, 2.24) is 10.2 Å². The molecule has 1 aromatic rings. The van der Waals surface area contributed by atoms with Gasteiger partial charge in [0.2, 0.25) is 11.8 Å². The molecule has 0 aliphatic carbocycles. The minimum Gasteiger partial charge on any atom is -0.344 e. The minimum atomic E-state index is -0.469. The van der Waals surface area contributed by atoms with Gasteiger partial charge in [-0.2, -0.15) is 0 Å². The third-order valence-electron chi connectivity index (χ3n) is 5.05. The first-order valence-corrected chi connectivity index (χ1v) is 9.26. The fraction of sp³-hybridized carbons (Fsp3) is 0.600. The quantitative estimate of drug-likeness (QED) is 0.827. The van der Waals surface area contributed by atoms with E-state index >= 15 is 0 Å². The predicted molar refractivity (Wildman–Crippen MR) is 99.9 cm³/mol. The molecule has 2 atom stereocenters. The largest absolute Gasteiger partial charge is 0.344 e. The standard InChI is InChI=1S/C20H31N3O2/c1-14(2)19(22-18(24)13-16-7-5-4-6-8-16)20(25)23-11-9-17(10-12-23)15(3)21/h4-8,14-15,17,19H,9-13,21H2,1-3H3,(H,22,24). The highest BCUT2D eigenvalue weighted by Gasteiger charge is 2.31. The van der Waals surface area contributed by atoms with Gasteiger partial charge in [-0.1, -0.05) is 44.2 Å². The van der Waals surface area contributed by atoms with Gasteiger partial charge in [-0.25, -0.2) is 0 Å². The zero-order valence-electron chi connectivity index (χ0n) is 15.6. The number of nitrogens with zero attached hydrogens (tertiary/aromatic N) is 1. The van der Waals surface area contributed by atoms with E-state index in [0.29, 0.717) is 12.3 Å². The molecule has 0 radical (unpaired) electrons. The van der Waals surface area contributed by atoms with Gasteiger partial charge in [0.05, 0.1) is 6.42 Å². The SMILES string of the molecule is CC(C)C(NC(=O)Cc1ccccc1)C(=O)N1CCC(C(C)N)CC1. The van der Waals surface area contributed by atoms with Gasteiger partial charge in [-0.15, -0.1) is 0 Å². The highest BCUT2D eigenvalue weighted by molar-refractivity contribution is 5.88. The van der Waals surface area contributed by atoms with Crippen LogP contribution in [0.2, 0.25) is 0 Å². The second-order valence-electron chi connectivity index (χ2n) is 7.47. The van der Waals surface area contributed by atoms with E-state index in [-0.39, 0.29) is 23.8 Å². The summed E-state index contributed by atoms with van der Waals surface area (Å²) in [4.78, 5) is 27.1. The van der Waals surface area contributed by atoms with Crippen molar-refractivity contribution >= 4 is 11.8 Å². The number of benzene rings is 1. The van der Waals surface area contributed by atoms with Gasteiger partial charge in [-0.05, 0) is 37.2 Å². The van der Waals surface area contributed by atoms with Crippen LogP contribution in [-0.4, -0.2) is 41.9 Å². The molecule has 0 bridgehead atoms. The molecule has 2 amide bonds. The lowest BCUT2D eigenvalue weighted by molar-refractivity contribution is -0.138. The monoisotopic (exact) mass is 345 g/mol. The van der Waals surface area contributed by atoms with Crippen molar-refractivity contribution in [2.75, 3.05) is 13.1 Å². The molecule has 25 heavy (non-hydrogen) atoms. The first-order valence-electron chi connectivity index (χ1n) is 9.26. The summed E-state index contributed by atoms with van der Waals surface area (Å²) in [5.41, 5.74) is 6.93. The van der Waals surface area contributed by atoms with Gasteiger partial charge in [0, 0.05) is 19.1 Å². The number of piperidine rings is 1. The van der Waals surface area contributed by atoms with Crippen LogP contribution in [0.3, 0.4) is 0 Å². The maximum absolute atomic E-state index is 12.9. The lowest BCUT2D eigenvalue weighted by Crippen LogP contribution is -2.53. The summed E-state index contributed by atoms with van der Waals surface area (Å²) in [5.74, 6) is 0.454. The van der Waals surface area contributed by atoms with E-state index in [2.05, 4.69) is 5.32 Å². The molecule has 5 heteroatoms. The average molecular weight is 345 g/mol. The molecule has 1 fully saturated rings. The third kappa shape index (κ3) is 5.56. The number of rotatable bonds is 6. The Morgan fingerprint density at radius 1 is 1.16 bits per heavy atom. The average Bonchev–Trinajstić information content (AvgIpc) is 2.60. The van der Waals surface area contributed by atoms with Crippen LogP contribution >= 0.6 is 0 Å². The summed E-state index contributed by atoms with van der Waals surface area (Å²) >= 11 is 0. The Kier molecular flexibility index (Phi) is 7.00. The molecule has 2 unspecified atom stereocenters. The zero-order chi connectivity index (χ0) is 18.4. The second kappa shape index (κ2) is 8.99. The number of carbonyl (C=O) groups excluding carboxylic acids is 2. The molecule has 1 aliphatic rings. The first kappa shape index (κ1) is 19.4. The fourth-order valence-corrected chi connectivity index (χ4v) is 3.36. The van der Waals surface area contributed by atoms with Crippen molar-refractivity contribution in [1.29, 1.82) is 0 Å². The molecule has 1 aliphatic heterocycles. The maximum Gasteiger partial charge on any atom is 0.245 e. The Labute approximate surface area is 151 Å². The number of amides is 2. The van der Waals surface area contributed by atoms with E-state index in [1.54, 1.807) is 0 Å². The smallest absolute Gasteiger partial charge is 0.245 e. The topological polar surface area (TPSA) is 75.4 Å². The van der Waals surface area contributed by atoms with Crippen LogP contribution in [0, 0.1) is 11.8 Å². The van der Waals surface area contributed by atoms with Crippen molar-refractivity contribution in [3.8, 4) is 0 Å². The van der Waals surface area contributed by atoms with Crippen molar-refractivity contribution in [3.63, 3.8) is 0 Å². The Balaban J connectivity index is 1.93. The summed E-state index contributed by atoms with van der Waals surface area (Å²) in [5, 5.41) is 2.94. The Morgan fingerprint density at radius 3 is 2.28 bits per heavy atom. The van der Waals surface area contributed by atoms with Crippen LogP contribution in [0.4, 0.5) is 0 Å². The van der Waals surface area contributed by atoms with Gasteiger partial charge in [-0.3, -0.25) is 9.59 Å². The molecular formula is C20H31N3O2.